The molecule has 4 aliphatic rings. The summed E-state index contributed by atoms with van der Waals surface area (Å²) < 4.78 is 24.2. The number of ketones is 1. The monoisotopic (exact) mass is 732 g/mol. The number of ether oxygens (including phenoxy) is 4. The predicted molar refractivity (Wildman–Crippen MR) is 173 cm³/mol. The number of carbonyl (C=O) groups is 2. The van der Waals surface area contributed by atoms with Crippen LogP contribution in [-0.4, -0.2) is 91.8 Å². The van der Waals surface area contributed by atoms with Gasteiger partial charge in [0.15, 0.2) is 52.3 Å². The lowest BCUT2D eigenvalue weighted by atomic mass is 9.76. The maximum absolute atomic E-state index is 13.9. The normalized spacial score (nSPS) is 25.1. The molecule has 53 heavy (non-hydrogen) atoms. The van der Waals surface area contributed by atoms with Crippen LogP contribution in [-0.2, 0) is 22.4 Å². The van der Waals surface area contributed by atoms with Crippen LogP contribution in [0.3, 0.4) is 0 Å². The maximum Gasteiger partial charge on any atom is 0.338 e. The highest BCUT2D eigenvalue weighted by molar-refractivity contribution is 6.05. The number of aliphatic hydroxyl groups excluding tert-OH is 2. The minimum Gasteiger partial charge on any atom is -0.508 e. The molecule has 0 aromatic heterocycles. The second-order valence-corrected chi connectivity index (χ2v) is 13.1. The average Bonchev–Trinajstić information content (AvgIpc) is 3.56. The summed E-state index contributed by atoms with van der Waals surface area (Å²) in [5, 5.41) is 116. The fourth-order valence-electron chi connectivity index (χ4n) is 7.55. The number of carbonyl (C=O) groups excluding carboxylic acids is 2. The van der Waals surface area contributed by atoms with Crippen LogP contribution in [0, 0.1) is 0 Å². The Morgan fingerprint density at radius 2 is 1.30 bits per heavy atom. The van der Waals surface area contributed by atoms with Gasteiger partial charge in [-0.15, -0.1) is 0 Å². The molecule has 0 bridgehead atoms. The van der Waals surface area contributed by atoms with E-state index in [0.717, 1.165) is 48.5 Å². The average molecular weight is 733 g/mol. The van der Waals surface area contributed by atoms with Crippen molar-refractivity contribution in [2.75, 3.05) is 0 Å². The van der Waals surface area contributed by atoms with Crippen molar-refractivity contribution in [3.05, 3.63) is 82.1 Å². The van der Waals surface area contributed by atoms with Crippen molar-refractivity contribution in [1.82, 2.24) is 0 Å². The summed E-state index contributed by atoms with van der Waals surface area (Å²) in [5.41, 5.74) is -2.77. The summed E-state index contributed by atoms with van der Waals surface area (Å²) in [7, 11) is 0. The smallest absolute Gasteiger partial charge is 0.338 e. The molecule has 0 amide bonds. The zero-order chi connectivity index (χ0) is 37.8. The van der Waals surface area contributed by atoms with Crippen LogP contribution in [0.5, 0.6) is 69.0 Å². The highest BCUT2D eigenvalue weighted by atomic mass is 16.6. The van der Waals surface area contributed by atoms with Crippen LogP contribution in [0.15, 0.2) is 54.3 Å². The van der Waals surface area contributed by atoms with E-state index in [1.165, 1.54) is 0 Å². The quantitative estimate of drug-likeness (QED) is 0.106. The second kappa shape index (κ2) is 11.3. The van der Waals surface area contributed by atoms with Crippen LogP contribution < -0.4 is 14.2 Å². The molecule has 4 aromatic rings. The largest absolute Gasteiger partial charge is 0.508 e. The summed E-state index contributed by atoms with van der Waals surface area (Å²) in [6, 6.07) is 6.94. The molecular weight excluding hydrogens is 704 g/mol. The highest BCUT2D eigenvalue weighted by Crippen LogP contribution is 2.61. The van der Waals surface area contributed by atoms with Gasteiger partial charge in [0.2, 0.25) is 11.5 Å². The van der Waals surface area contributed by atoms with Crippen LogP contribution in [0.25, 0.3) is 0 Å². The van der Waals surface area contributed by atoms with E-state index < -0.39 is 117 Å². The second-order valence-electron chi connectivity index (χ2n) is 13.1. The van der Waals surface area contributed by atoms with E-state index >= 15 is 0 Å². The fraction of sp³-hybridized carbons (Fsp3) is 0.222. The lowest BCUT2D eigenvalue weighted by Crippen LogP contribution is -2.57. The van der Waals surface area contributed by atoms with E-state index in [1.54, 1.807) is 0 Å². The molecule has 0 spiro atoms. The minimum absolute atomic E-state index is 0.0543. The van der Waals surface area contributed by atoms with Crippen molar-refractivity contribution in [2.24, 2.45) is 0 Å². The molecule has 17 heteroatoms. The number of aromatic hydroxyl groups is 9. The topological polar surface area (TPSA) is 294 Å². The van der Waals surface area contributed by atoms with Gasteiger partial charge >= 0.3 is 5.97 Å². The number of fused-ring (bicyclic) bond motifs is 5. The molecule has 274 valence electrons. The molecule has 4 aromatic carbocycles. The number of Topliss-reactive ketones (excluding diaryl/α,β-unsaturated/α-hetero) is 1. The molecule has 17 nitrogen and oxygen atoms in total. The SMILES string of the molecule is O=C(OC1Cc2c(O)cc(O)cc2OC1c1cc(O)c(O)c2c1C1C(=O)C(O)=CC1(C1Oc3cc(O)cc(O)c3CC1O)O2)c1cc(O)c(O)c(O)c1. The zero-order valence-corrected chi connectivity index (χ0v) is 26.8. The first-order valence-electron chi connectivity index (χ1n) is 15.9. The molecule has 6 atom stereocenters. The van der Waals surface area contributed by atoms with Gasteiger partial charge in [-0.1, -0.05) is 0 Å². The third-order valence-electron chi connectivity index (χ3n) is 9.87. The zero-order valence-electron chi connectivity index (χ0n) is 26.8. The van der Waals surface area contributed by atoms with Crippen molar-refractivity contribution in [1.29, 1.82) is 0 Å². The van der Waals surface area contributed by atoms with E-state index in [2.05, 4.69) is 0 Å². The first kappa shape index (κ1) is 33.3. The lowest BCUT2D eigenvalue weighted by molar-refractivity contribution is -0.125. The Kier molecular flexibility index (Phi) is 7.10. The van der Waals surface area contributed by atoms with Crippen LogP contribution >= 0.6 is 0 Å². The summed E-state index contributed by atoms with van der Waals surface area (Å²) in [4.78, 5) is 27.4. The van der Waals surface area contributed by atoms with Gasteiger partial charge in [0.05, 0.1) is 11.7 Å². The summed E-state index contributed by atoms with van der Waals surface area (Å²) in [6.45, 7) is 0. The standard InChI is InChI=1S/C36H28O17/c37-12-4-18(40)15-9-26(52-35(49)11-1-19(41)29(46)20(42)2-11)32(50-24(15)5-12)16-8-21(43)31(48)33-27(16)28-30(47)23(45)10-36(28,53-33)34-22(44)7-14-17(39)3-13(38)6-25(14)51-34/h1-6,8,10,22,26,28,32,34,37-46,48H,7,9H2. The van der Waals surface area contributed by atoms with Gasteiger partial charge in [0, 0.05) is 65.4 Å². The fourth-order valence-corrected chi connectivity index (χ4v) is 7.55. The molecule has 0 saturated heterocycles. The molecule has 6 unspecified atom stereocenters. The van der Waals surface area contributed by atoms with Crippen LogP contribution in [0.1, 0.15) is 44.6 Å². The van der Waals surface area contributed by atoms with Gasteiger partial charge in [0.25, 0.3) is 0 Å². The number of esters is 1. The number of hydrogen-bond acceptors (Lipinski definition) is 17. The molecule has 8 rings (SSSR count). The molecule has 0 saturated carbocycles. The summed E-state index contributed by atoms with van der Waals surface area (Å²) >= 11 is 0. The Morgan fingerprint density at radius 1 is 0.717 bits per heavy atom. The van der Waals surface area contributed by atoms with Gasteiger partial charge in [-0.3, -0.25) is 4.79 Å². The van der Waals surface area contributed by atoms with E-state index in [-0.39, 0.29) is 46.6 Å². The number of aliphatic hydroxyl groups is 2. The lowest BCUT2D eigenvalue weighted by Gasteiger charge is -2.41. The Balaban J connectivity index is 1.27. The van der Waals surface area contributed by atoms with E-state index in [1.807, 2.05) is 0 Å². The predicted octanol–water partition coefficient (Wildman–Crippen LogP) is 2.54. The van der Waals surface area contributed by atoms with E-state index in [9.17, 15) is 65.8 Å². The molecular formula is C36H28O17. The van der Waals surface area contributed by atoms with Gasteiger partial charge in [0.1, 0.15) is 46.5 Å². The van der Waals surface area contributed by atoms with Gasteiger partial charge < -0.3 is 75.1 Å². The van der Waals surface area contributed by atoms with Gasteiger partial charge in [-0.05, 0) is 18.2 Å². The number of allylic oxidation sites excluding steroid dienone is 1. The number of phenols is 9. The van der Waals surface area contributed by atoms with Crippen molar-refractivity contribution >= 4 is 11.8 Å². The van der Waals surface area contributed by atoms with Gasteiger partial charge in [-0.2, -0.15) is 0 Å². The van der Waals surface area contributed by atoms with Crippen molar-refractivity contribution in [3.63, 3.8) is 0 Å². The summed E-state index contributed by atoms with van der Waals surface area (Å²) in [6.07, 6.45) is -5.80. The summed E-state index contributed by atoms with van der Waals surface area (Å²) in [5.74, 6) is -11.3. The molecule has 11 N–H and O–H groups in total. The first-order valence-corrected chi connectivity index (χ1v) is 15.9. The molecule has 3 heterocycles. The van der Waals surface area contributed by atoms with Crippen LogP contribution in [0.2, 0.25) is 0 Å². The third-order valence-corrected chi connectivity index (χ3v) is 9.87. The molecule has 1 aliphatic carbocycles. The number of benzene rings is 4. The van der Waals surface area contributed by atoms with E-state index in [0.29, 0.717) is 0 Å². The highest BCUT2D eigenvalue weighted by Gasteiger charge is 2.66. The Hall–Kier alpha value is -6.88. The molecule has 3 aliphatic heterocycles. The van der Waals surface area contributed by atoms with Crippen molar-refractivity contribution in [2.45, 2.75) is 48.8 Å². The molecule has 0 radical (unpaired) electrons. The maximum atomic E-state index is 13.9. The van der Waals surface area contributed by atoms with Crippen molar-refractivity contribution < 1.29 is 84.7 Å². The number of rotatable bonds is 4. The number of phenolic OH excluding ortho intramolecular Hbond substituents is 9. The van der Waals surface area contributed by atoms with Crippen molar-refractivity contribution in [3.8, 4) is 69.0 Å². The van der Waals surface area contributed by atoms with E-state index in [4.69, 9.17) is 18.9 Å². The Bertz CT molecular complexity index is 2290. The Morgan fingerprint density at radius 3 is 1.94 bits per heavy atom. The third kappa shape index (κ3) is 4.88. The van der Waals surface area contributed by atoms with Gasteiger partial charge in [-0.25, -0.2) is 4.79 Å². The number of hydrogen-bond donors (Lipinski definition) is 11. The van der Waals surface area contributed by atoms with Crippen LogP contribution in [0.4, 0.5) is 0 Å². The first-order chi connectivity index (χ1) is 25.1. The Labute approximate surface area is 296 Å². The molecule has 0 fully saturated rings. The minimum atomic E-state index is -2.14.